The van der Waals surface area contributed by atoms with Gasteiger partial charge in [-0.3, -0.25) is 14.9 Å². The molecule has 0 saturated heterocycles. The number of aryl methyl sites for hydroxylation is 1. The van der Waals surface area contributed by atoms with Crippen molar-refractivity contribution >= 4 is 11.6 Å². The number of nitro benzene ring substituents is 1. The van der Waals surface area contributed by atoms with Crippen LogP contribution in [0, 0.1) is 10.1 Å². The summed E-state index contributed by atoms with van der Waals surface area (Å²) in [4.78, 5) is 32.2. The normalized spacial score (nSPS) is 11.8. The van der Waals surface area contributed by atoms with Gasteiger partial charge in [0.15, 0.2) is 0 Å². The fourth-order valence-electron chi connectivity index (χ4n) is 3.15. The molecule has 4 aromatic rings. The van der Waals surface area contributed by atoms with E-state index in [9.17, 15) is 14.9 Å². The molecule has 0 bridgehead atoms. The number of benzene rings is 2. The van der Waals surface area contributed by atoms with Gasteiger partial charge in [-0.15, -0.1) is 0 Å². The first-order valence-corrected chi connectivity index (χ1v) is 9.01. The molecule has 0 saturated carbocycles. The molecule has 0 spiro atoms. The molecule has 0 unspecified atom stereocenters. The average Bonchev–Trinajstić information content (AvgIpc) is 3.44. The molecular weight excluding hydrogens is 386 g/mol. The van der Waals surface area contributed by atoms with Gasteiger partial charge in [-0.1, -0.05) is 30.3 Å². The molecule has 2 aromatic carbocycles. The van der Waals surface area contributed by atoms with Crippen LogP contribution in [0.4, 0.5) is 5.69 Å². The van der Waals surface area contributed by atoms with Gasteiger partial charge in [0, 0.05) is 31.1 Å². The van der Waals surface area contributed by atoms with Gasteiger partial charge in [0.1, 0.15) is 30.2 Å². The summed E-state index contributed by atoms with van der Waals surface area (Å²) in [5.74, 6) is 0.184. The molecule has 150 valence electrons. The molecule has 10 heteroatoms. The summed E-state index contributed by atoms with van der Waals surface area (Å²) in [7, 11) is 1.84. The SMILES string of the molecule is Cn1ccnc1[C@@H](NC(=O)c1ccc(-n2cncn2)c([N+](=O)[O-])c1)c1ccccc1. The van der Waals surface area contributed by atoms with Gasteiger partial charge in [-0.25, -0.2) is 14.6 Å². The molecule has 30 heavy (non-hydrogen) atoms. The Kier molecular flexibility index (Phi) is 5.04. The minimum Gasteiger partial charge on any atom is -0.338 e. The zero-order chi connectivity index (χ0) is 21.1. The number of amides is 1. The van der Waals surface area contributed by atoms with Gasteiger partial charge in [0.05, 0.1) is 4.92 Å². The predicted octanol–water partition coefficient (Wildman–Crippen LogP) is 2.43. The summed E-state index contributed by atoms with van der Waals surface area (Å²) < 4.78 is 3.09. The molecular formula is C20H17N7O3. The smallest absolute Gasteiger partial charge is 0.295 e. The van der Waals surface area contributed by atoms with Crippen LogP contribution in [0.5, 0.6) is 0 Å². The van der Waals surface area contributed by atoms with Crippen molar-refractivity contribution in [2.24, 2.45) is 7.05 Å². The van der Waals surface area contributed by atoms with Gasteiger partial charge in [0.25, 0.3) is 11.6 Å². The maximum Gasteiger partial charge on any atom is 0.295 e. The van der Waals surface area contributed by atoms with Crippen LogP contribution < -0.4 is 5.32 Å². The van der Waals surface area contributed by atoms with Crippen molar-refractivity contribution in [3.8, 4) is 5.69 Å². The molecule has 0 fully saturated rings. The minimum absolute atomic E-state index is 0.153. The Hall–Kier alpha value is -4.34. The summed E-state index contributed by atoms with van der Waals surface area (Å²) in [6, 6.07) is 13.1. The van der Waals surface area contributed by atoms with E-state index in [-0.39, 0.29) is 16.9 Å². The molecule has 0 aliphatic rings. The molecule has 1 N–H and O–H groups in total. The van der Waals surface area contributed by atoms with Crippen LogP contribution in [-0.2, 0) is 7.05 Å². The lowest BCUT2D eigenvalue weighted by Crippen LogP contribution is -2.31. The molecule has 0 radical (unpaired) electrons. The number of aromatic nitrogens is 5. The van der Waals surface area contributed by atoms with Crippen molar-refractivity contribution in [2.45, 2.75) is 6.04 Å². The number of nitro groups is 1. The summed E-state index contributed by atoms with van der Waals surface area (Å²) in [6.07, 6.45) is 6.07. The Labute approximate surface area is 171 Å². The van der Waals surface area contributed by atoms with Crippen LogP contribution in [-0.4, -0.2) is 35.1 Å². The van der Waals surface area contributed by atoms with Crippen LogP contribution >= 0.6 is 0 Å². The Balaban J connectivity index is 1.69. The molecule has 10 nitrogen and oxygen atoms in total. The van der Waals surface area contributed by atoms with Crippen LogP contribution in [0.25, 0.3) is 5.69 Å². The average molecular weight is 403 g/mol. The highest BCUT2D eigenvalue weighted by atomic mass is 16.6. The fourth-order valence-corrected chi connectivity index (χ4v) is 3.15. The molecule has 0 aliphatic carbocycles. The third kappa shape index (κ3) is 3.65. The van der Waals surface area contributed by atoms with Crippen LogP contribution in [0.2, 0.25) is 0 Å². The van der Waals surface area contributed by atoms with E-state index in [0.717, 1.165) is 5.56 Å². The highest BCUT2D eigenvalue weighted by Crippen LogP contribution is 2.25. The topological polar surface area (TPSA) is 121 Å². The lowest BCUT2D eigenvalue weighted by Gasteiger charge is -2.19. The van der Waals surface area contributed by atoms with Crippen LogP contribution in [0.3, 0.4) is 0 Å². The number of nitrogens with zero attached hydrogens (tertiary/aromatic N) is 6. The van der Waals surface area contributed by atoms with Crippen molar-refractivity contribution < 1.29 is 9.72 Å². The number of hydrogen-bond acceptors (Lipinski definition) is 6. The number of hydrogen-bond donors (Lipinski definition) is 1. The summed E-state index contributed by atoms with van der Waals surface area (Å²) in [6.45, 7) is 0. The third-order valence-corrected chi connectivity index (χ3v) is 4.62. The monoisotopic (exact) mass is 403 g/mol. The first-order chi connectivity index (χ1) is 14.5. The second-order valence-corrected chi connectivity index (χ2v) is 6.51. The molecule has 0 aliphatic heterocycles. The van der Waals surface area contributed by atoms with E-state index in [1.807, 2.05) is 41.9 Å². The molecule has 2 heterocycles. The number of carbonyl (C=O) groups is 1. The maximum atomic E-state index is 13.0. The van der Waals surface area contributed by atoms with Crippen molar-refractivity contribution in [1.29, 1.82) is 0 Å². The van der Waals surface area contributed by atoms with Crippen molar-refractivity contribution in [2.75, 3.05) is 0 Å². The Morgan fingerprint density at radius 2 is 2.00 bits per heavy atom. The number of carbonyl (C=O) groups excluding carboxylic acids is 1. The first-order valence-electron chi connectivity index (χ1n) is 9.01. The fraction of sp³-hybridized carbons (Fsp3) is 0.100. The molecule has 1 amide bonds. The third-order valence-electron chi connectivity index (χ3n) is 4.62. The second-order valence-electron chi connectivity index (χ2n) is 6.51. The van der Waals surface area contributed by atoms with Gasteiger partial charge in [-0.05, 0) is 17.7 Å². The number of rotatable bonds is 6. The zero-order valence-electron chi connectivity index (χ0n) is 15.9. The van der Waals surface area contributed by atoms with E-state index in [4.69, 9.17) is 0 Å². The van der Waals surface area contributed by atoms with Crippen molar-refractivity contribution in [1.82, 2.24) is 29.6 Å². The zero-order valence-corrected chi connectivity index (χ0v) is 15.9. The van der Waals surface area contributed by atoms with E-state index in [1.165, 1.54) is 35.5 Å². The standard InChI is InChI=1S/C20H17N7O3/c1-25-10-9-22-19(25)18(14-5-3-2-4-6-14)24-20(28)15-7-8-16(17(11-15)27(29)30)26-13-21-12-23-26/h2-13,18H,1H3,(H,24,28)/t18-/m0/s1. The van der Waals surface area contributed by atoms with Gasteiger partial charge < -0.3 is 9.88 Å². The maximum absolute atomic E-state index is 13.0. The van der Waals surface area contributed by atoms with Crippen LogP contribution in [0.15, 0.2) is 73.6 Å². The van der Waals surface area contributed by atoms with Gasteiger partial charge in [-0.2, -0.15) is 5.10 Å². The van der Waals surface area contributed by atoms with Crippen molar-refractivity contribution in [3.63, 3.8) is 0 Å². The summed E-state index contributed by atoms with van der Waals surface area (Å²) >= 11 is 0. The molecule has 2 aromatic heterocycles. The Morgan fingerprint density at radius 3 is 2.63 bits per heavy atom. The summed E-state index contributed by atoms with van der Waals surface area (Å²) in [5, 5.41) is 18.4. The van der Waals surface area contributed by atoms with Gasteiger partial charge >= 0.3 is 0 Å². The van der Waals surface area contributed by atoms with E-state index in [1.54, 1.807) is 12.4 Å². The largest absolute Gasteiger partial charge is 0.338 e. The lowest BCUT2D eigenvalue weighted by molar-refractivity contribution is -0.384. The number of nitrogens with one attached hydrogen (secondary N) is 1. The van der Waals surface area contributed by atoms with E-state index in [2.05, 4.69) is 20.4 Å². The molecule has 4 rings (SSSR count). The number of imidazole rings is 1. The van der Waals surface area contributed by atoms with E-state index >= 15 is 0 Å². The van der Waals surface area contributed by atoms with E-state index in [0.29, 0.717) is 5.82 Å². The van der Waals surface area contributed by atoms with Crippen LogP contribution in [0.1, 0.15) is 27.8 Å². The Bertz CT molecular complexity index is 1190. The minimum atomic E-state index is -0.554. The molecule has 1 atom stereocenters. The lowest BCUT2D eigenvalue weighted by atomic mass is 10.0. The highest BCUT2D eigenvalue weighted by Gasteiger charge is 2.24. The van der Waals surface area contributed by atoms with E-state index < -0.39 is 16.9 Å². The van der Waals surface area contributed by atoms with Crippen molar-refractivity contribution in [3.05, 3.63) is 101 Å². The first kappa shape index (κ1) is 19.0. The summed E-state index contributed by atoms with van der Waals surface area (Å²) in [5.41, 5.74) is 0.966. The predicted molar refractivity (Wildman–Crippen MR) is 107 cm³/mol. The van der Waals surface area contributed by atoms with Gasteiger partial charge in [0.2, 0.25) is 0 Å². The Morgan fingerprint density at radius 1 is 1.20 bits per heavy atom. The second kappa shape index (κ2) is 7.95. The quantitative estimate of drug-likeness (QED) is 0.390. The highest BCUT2D eigenvalue weighted by molar-refractivity contribution is 5.95.